The van der Waals surface area contributed by atoms with Gasteiger partial charge in [-0.2, -0.15) is 0 Å². The van der Waals surface area contributed by atoms with Crippen molar-refractivity contribution in [3.05, 3.63) is 70.9 Å². The fraction of sp³-hybridized carbons (Fsp3) is 0.448. The Morgan fingerprint density at radius 2 is 1.79 bits per heavy atom. The van der Waals surface area contributed by atoms with Crippen LogP contribution in [0.2, 0.25) is 26.2 Å². The second-order valence-electron chi connectivity index (χ2n) is 11.6. The zero-order valence-electron chi connectivity index (χ0n) is 22.5. The minimum Gasteiger partial charge on any atom is -0.489 e. The van der Waals surface area contributed by atoms with E-state index in [-0.39, 0.29) is 5.41 Å². The fourth-order valence-corrected chi connectivity index (χ4v) is 11.6. The number of nitrogens with zero attached hydrogens (tertiary/aromatic N) is 1. The number of likely N-dealkylation sites (N-methyl/N-ethyl adjacent to an activating group) is 1. The SMILES string of the molecule is C=CCOc1c([Si](C)(C)C2C(N(C)C)=Cc3ccccc32)cc(C)c([SiH](C)C)c1C(C)(C)C. The largest absolute Gasteiger partial charge is 0.489 e. The molecule has 0 aliphatic heterocycles. The van der Waals surface area contributed by atoms with Crippen LogP contribution in [0.25, 0.3) is 6.08 Å². The Kier molecular flexibility index (Phi) is 7.21. The van der Waals surface area contributed by atoms with E-state index in [0.29, 0.717) is 12.1 Å². The van der Waals surface area contributed by atoms with Gasteiger partial charge < -0.3 is 9.64 Å². The number of hydrogen-bond donors (Lipinski definition) is 0. The minimum atomic E-state index is -2.07. The number of allylic oxidation sites excluding steroid dienone is 1. The molecule has 1 unspecified atom stereocenters. The van der Waals surface area contributed by atoms with Crippen LogP contribution in [0.15, 0.2) is 48.7 Å². The maximum atomic E-state index is 6.63. The standard InChI is InChI=1S/C29H43NOSi2/c1-12-17-31-26-24(18-20(2)27(32(8)9)25(26)29(3,4)5)33(10,11)28-22-16-14-13-15-21(22)19-23(28)30(6)7/h12-16,18-19,28,32H,1,17H2,2-11H3. The first-order valence-electron chi connectivity index (χ1n) is 12.2. The van der Waals surface area contributed by atoms with E-state index in [9.17, 15) is 0 Å². The first kappa shape index (κ1) is 25.6. The van der Waals surface area contributed by atoms with Gasteiger partial charge in [-0.25, -0.2) is 0 Å². The van der Waals surface area contributed by atoms with Gasteiger partial charge in [0.2, 0.25) is 0 Å². The van der Waals surface area contributed by atoms with Crippen LogP contribution in [0.3, 0.4) is 0 Å². The van der Waals surface area contributed by atoms with Crippen molar-refractivity contribution in [3.63, 3.8) is 0 Å². The third-order valence-corrected chi connectivity index (χ3v) is 12.7. The van der Waals surface area contributed by atoms with Crippen LogP contribution in [-0.4, -0.2) is 42.5 Å². The van der Waals surface area contributed by atoms with Crippen molar-refractivity contribution in [2.75, 3.05) is 20.7 Å². The summed E-state index contributed by atoms with van der Waals surface area (Å²) in [4.78, 5) is 2.32. The maximum absolute atomic E-state index is 6.63. The van der Waals surface area contributed by atoms with Gasteiger partial charge in [-0.05, 0) is 40.3 Å². The zero-order valence-corrected chi connectivity index (χ0v) is 24.6. The molecule has 2 nitrogen and oxygen atoms in total. The number of benzene rings is 2. The Morgan fingerprint density at radius 3 is 2.33 bits per heavy atom. The van der Waals surface area contributed by atoms with Crippen LogP contribution in [0.5, 0.6) is 5.75 Å². The van der Waals surface area contributed by atoms with E-state index in [0.717, 1.165) is 5.75 Å². The Morgan fingerprint density at radius 1 is 1.15 bits per heavy atom. The van der Waals surface area contributed by atoms with Gasteiger partial charge in [0, 0.05) is 25.3 Å². The second kappa shape index (κ2) is 9.30. The maximum Gasteiger partial charge on any atom is 0.122 e. The third kappa shape index (κ3) is 4.65. The summed E-state index contributed by atoms with van der Waals surface area (Å²) in [5, 5.41) is 3.02. The second-order valence-corrected chi connectivity index (χ2v) is 19.1. The van der Waals surface area contributed by atoms with Crippen LogP contribution in [0.4, 0.5) is 0 Å². The minimum absolute atomic E-state index is 0.0160. The topological polar surface area (TPSA) is 12.5 Å². The number of ether oxygens (including phenoxy) is 1. The molecule has 2 aromatic carbocycles. The Balaban J connectivity index is 2.36. The van der Waals surface area contributed by atoms with E-state index in [1.54, 1.807) is 5.19 Å². The first-order valence-corrected chi connectivity index (χ1v) is 18.2. The highest BCUT2D eigenvalue weighted by Gasteiger charge is 2.44. The van der Waals surface area contributed by atoms with Gasteiger partial charge in [-0.3, -0.25) is 0 Å². The third-order valence-electron chi connectivity index (χ3n) is 7.04. The molecule has 0 N–H and O–H groups in total. The van der Waals surface area contributed by atoms with Crippen LogP contribution < -0.4 is 15.1 Å². The average Bonchev–Trinajstić information content (AvgIpc) is 3.12. The molecule has 1 atom stereocenters. The number of aryl methyl sites for hydroxylation is 1. The molecule has 0 radical (unpaired) electrons. The van der Waals surface area contributed by atoms with Crippen LogP contribution in [0.1, 0.15) is 48.6 Å². The van der Waals surface area contributed by atoms with Gasteiger partial charge in [0.05, 0.1) is 16.9 Å². The lowest BCUT2D eigenvalue weighted by Crippen LogP contribution is -2.52. The highest BCUT2D eigenvalue weighted by Crippen LogP contribution is 2.44. The molecule has 0 saturated carbocycles. The summed E-state index contributed by atoms with van der Waals surface area (Å²) in [6.07, 6.45) is 4.28. The highest BCUT2D eigenvalue weighted by atomic mass is 28.3. The molecule has 0 heterocycles. The number of hydrogen-bond acceptors (Lipinski definition) is 2. The lowest BCUT2D eigenvalue weighted by atomic mass is 9.85. The molecule has 0 spiro atoms. The summed E-state index contributed by atoms with van der Waals surface area (Å²) in [5.41, 5.74) is 7.53. The summed E-state index contributed by atoms with van der Waals surface area (Å²) in [5.74, 6) is 1.14. The zero-order chi connectivity index (χ0) is 24.7. The van der Waals surface area contributed by atoms with Crippen LogP contribution in [0, 0.1) is 6.92 Å². The average molecular weight is 478 g/mol. The monoisotopic (exact) mass is 477 g/mol. The Hall–Kier alpha value is -2.05. The molecule has 0 amide bonds. The molecule has 0 bridgehead atoms. The summed E-state index contributed by atoms with van der Waals surface area (Å²) in [6, 6.07) is 11.4. The number of fused-ring (bicyclic) bond motifs is 1. The van der Waals surface area contributed by atoms with Gasteiger partial charge in [0.15, 0.2) is 0 Å². The van der Waals surface area contributed by atoms with Crippen molar-refractivity contribution in [1.29, 1.82) is 0 Å². The molecular formula is C29H43NOSi2. The molecule has 0 aromatic heterocycles. The molecule has 0 fully saturated rings. The molecule has 0 saturated heterocycles. The summed E-state index contributed by atoms with van der Waals surface area (Å²) in [7, 11) is 1.23. The van der Waals surface area contributed by atoms with Gasteiger partial charge in [-0.1, -0.05) is 101 Å². The van der Waals surface area contributed by atoms with Crippen molar-refractivity contribution in [2.45, 2.75) is 64.8 Å². The molecule has 33 heavy (non-hydrogen) atoms. The van der Waals surface area contributed by atoms with Gasteiger partial charge >= 0.3 is 0 Å². The molecular weight excluding hydrogens is 434 g/mol. The smallest absolute Gasteiger partial charge is 0.122 e. The first-order chi connectivity index (χ1) is 15.3. The lowest BCUT2D eigenvalue weighted by molar-refractivity contribution is 0.354. The van der Waals surface area contributed by atoms with E-state index in [1.807, 2.05) is 6.08 Å². The predicted octanol–water partition coefficient (Wildman–Crippen LogP) is 5.71. The predicted molar refractivity (Wildman–Crippen MR) is 152 cm³/mol. The number of rotatable bonds is 7. The fourth-order valence-electron chi connectivity index (χ4n) is 5.68. The van der Waals surface area contributed by atoms with Crippen molar-refractivity contribution >= 4 is 33.3 Å². The van der Waals surface area contributed by atoms with E-state index in [2.05, 4.69) is 116 Å². The van der Waals surface area contributed by atoms with Crippen molar-refractivity contribution < 1.29 is 4.74 Å². The molecule has 3 rings (SSSR count). The quantitative estimate of drug-likeness (QED) is 0.374. The van der Waals surface area contributed by atoms with Gasteiger partial charge in [0.1, 0.15) is 12.4 Å². The van der Waals surface area contributed by atoms with E-state index in [4.69, 9.17) is 4.74 Å². The molecule has 1 aliphatic rings. The van der Waals surface area contributed by atoms with E-state index in [1.165, 1.54) is 33.1 Å². The van der Waals surface area contributed by atoms with Crippen molar-refractivity contribution in [3.8, 4) is 5.75 Å². The lowest BCUT2D eigenvalue weighted by Gasteiger charge is -2.39. The summed E-state index contributed by atoms with van der Waals surface area (Å²) < 4.78 is 6.63. The van der Waals surface area contributed by atoms with Crippen molar-refractivity contribution in [1.82, 2.24) is 4.90 Å². The molecule has 1 aliphatic carbocycles. The highest BCUT2D eigenvalue weighted by molar-refractivity contribution is 6.92. The van der Waals surface area contributed by atoms with Crippen molar-refractivity contribution in [2.24, 2.45) is 0 Å². The van der Waals surface area contributed by atoms with Gasteiger partial charge in [-0.15, -0.1) is 0 Å². The van der Waals surface area contributed by atoms with Crippen LogP contribution >= 0.6 is 0 Å². The molecule has 2 aromatic rings. The summed E-state index contributed by atoms with van der Waals surface area (Å²) >= 11 is 0. The normalized spacial score (nSPS) is 16.0. The molecule has 4 heteroatoms. The van der Waals surface area contributed by atoms with Crippen LogP contribution in [-0.2, 0) is 5.41 Å². The van der Waals surface area contributed by atoms with Gasteiger partial charge in [0.25, 0.3) is 0 Å². The molecule has 178 valence electrons. The Bertz CT molecular complexity index is 1070. The summed E-state index contributed by atoms with van der Waals surface area (Å²) in [6.45, 7) is 23.8. The Labute approximate surface area is 205 Å². The van der Waals surface area contributed by atoms with E-state index >= 15 is 0 Å². The van der Waals surface area contributed by atoms with E-state index < -0.39 is 16.9 Å².